The number of amides is 2. The number of nitrogens with one attached hydrogen (secondary N) is 1. The summed E-state index contributed by atoms with van der Waals surface area (Å²) in [5.41, 5.74) is 4.45. The molecule has 1 N–H and O–H groups in total. The maximum Gasteiger partial charge on any atom is 0.255 e. The van der Waals surface area contributed by atoms with Gasteiger partial charge >= 0.3 is 0 Å². The van der Waals surface area contributed by atoms with Crippen molar-refractivity contribution in [1.29, 1.82) is 0 Å². The fourth-order valence-corrected chi connectivity index (χ4v) is 4.70. The maximum absolute atomic E-state index is 12.6. The Balaban J connectivity index is 1.48. The minimum Gasteiger partial charge on any atom is -0.497 e. The molecule has 1 atom stereocenters. The van der Waals surface area contributed by atoms with Gasteiger partial charge in [-0.25, -0.2) is 0 Å². The Morgan fingerprint density at radius 1 is 1.03 bits per heavy atom. The van der Waals surface area contributed by atoms with Crippen LogP contribution in [0.1, 0.15) is 33.8 Å². The van der Waals surface area contributed by atoms with E-state index in [9.17, 15) is 9.59 Å². The van der Waals surface area contributed by atoms with Crippen molar-refractivity contribution in [2.24, 2.45) is 0 Å². The van der Waals surface area contributed by atoms with Gasteiger partial charge in [-0.15, -0.1) is 11.8 Å². The highest BCUT2D eigenvalue weighted by molar-refractivity contribution is 8.00. The van der Waals surface area contributed by atoms with Crippen molar-refractivity contribution in [2.45, 2.75) is 18.7 Å². The molecule has 0 spiro atoms. The van der Waals surface area contributed by atoms with E-state index in [1.165, 1.54) is 5.56 Å². The summed E-state index contributed by atoms with van der Waals surface area (Å²) >= 11 is 1.61. The number of aryl methyl sites for hydroxylation is 1. The number of benzene rings is 3. The third-order valence-corrected chi connectivity index (χ3v) is 6.51. The first kappa shape index (κ1) is 21.0. The molecule has 3 aromatic carbocycles. The van der Waals surface area contributed by atoms with Gasteiger partial charge < -0.3 is 10.1 Å². The first-order chi connectivity index (χ1) is 15.1. The summed E-state index contributed by atoms with van der Waals surface area (Å²) in [4.78, 5) is 26.9. The second-order valence-electron chi connectivity index (χ2n) is 7.25. The van der Waals surface area contributed by atoms with Crippen molar-refractivity contribution >= 4 is 35.0 Å². The molecule has 1 fully saturated rings. The van der Waals surface area contributed by atoms with Gasteiger partial charge in [0, 0.05) is 16.9 Å². The summed E-state index contributed by atoms with van der Waals surface area (Å²) in [5, 5.41) is 2.83. The van der Waals surface area contributed by atoms with Crippen LogP contribution in [0.3, 0.4) is 0 Å². The van der Waals surface area contributed by atoms with E-state index in [2.05, 4.69) is 24.4 Å². The van der Waals surface area contributed by atoms with E-state index in [1.807, 2.05) is 41.3 Å². The molecule has 0 bridgehead atoms. The van der Waals surface area contributed by atoms with Crippen LogP contribution in [-0.2, 0) is 11.2 Å². The highest BCUT2D eigenvalue weighted by atomic mass is 32.2. The van der Waals surface area contributed by atoms with E-state index in [4.69, 9.17) is 4.74 Å². The molecule has 1 heterocycles. The molecular weight excluding hydrogens is 408 g/mol. The number of thioether (sulfide) groups is 1. The highest BCUT2D eigenvalue weighted by Gasteiger charge is 2.33. The Morgan fingerprint density at radius 3 is 2.32 bits per heavy atom. The average Bonchev–Trinajstić information content (AvgIpc) is 3.21. The largest absolute Gasteiger partial charge is 0.497 e. The fraction of sp³-hybridized carbons (Fsp3) is 0.200. The smallest absolute Gasteiger partial charge is 0.255 e. The van der Waals surface area contributed by atoms with E-state index in [-0.39, 0.29) is 17.2 Å². The summed E-state index contributed by atoms with van der Waals surface area (Å²) in [5.74, 6) is 1.09. The van der Waals surface area contributed by atoms with Gasteiger partial charge in [0.2, 0.25) is 5.91 Å². The Labute approximate surface area is 186 Å². The topological polar surface area (TPSA) is 58.6 Å². The standard InChI is InChI=1S/C25H24N2O3S/c1-3-17-4-12-21(13-5-17)27-23(28)16-31-25(27)19-6-10-20(11-7-19)26-24(29)18-8-14-22(30-2)15-9-18/h4-15,25H,3,16H2,1-2H3,(H,26,29)/t25-/m1/s1. The number of nitrogens with zero attached hydrogens (tertiary/aromatic N) is 1. The number of anilines is 2. The highest BCUT2D eigenvalue weighted by Crippen LogP contribution is 2.42. The number of hydrogen-bond acceptors (Lipinski definition) is 4. The zero-order valence-corrected chi connectivity index (χ0v) is 18.3. The molecule has 0 unspecified atom stereocenters. The van der Waals surface area contributed by atoms with Crippen LogP contribution in [0.15, 0.2) is 72.8 Å². The minimum atomic E-state index is -0.182. The van der Waals surface area contributed by atoms with Crippen LogP contribution in [0, 0.1) is 0 Å². The van der Waals surface area contributed by atoms with Crippen LogP contribution in [0.25, 0.3) is 0 Å². The third-order valence-electron chi connectivity index (χ3n) is 5.30. The Kier molecular flexibility index (Phi) is 6.28. The molecule has 1 aliphatic heterocycles. The quantitative estimate of drug-likeness (QED) is 0.575. The van der Waals surface area contributed by atoms with Crippen LogP contribution in [0.2, 0.25) is 0 Å². The van der Waals surface area contributed by atoms with E-state index >= 15 is 0 Å². The number of carbonyl (C=O) groups excluding carboxylic acids is 2. The Morgan fingerprint density at radius 2 is 1.71 bits per heavy atom. The van der Waals surface area contributed by atoms with Gasteiger partial charge in [-0.3, -0.25) is 14.5 Å². The van der Waals surface area contributed by atoms with Gasteiger partial charge in [0.1, 0.15) is 11.1 Å². The second kappa shape index (κ2) is 9.27. The molecule has 4 rings (SSSR count). The Hall–Kier alpha value is -3.25. The summed E-state index contributed by atoms with van der Waals surface area (Å²) < 4.78 is 5.13. The predicted molar refractivity (Wildman–Crippen MR) is 126 cm³/mol. The van der Waals surface area contributed by atoms with Gasteiger partial charge in [0.15, 0.2) is 0 Å². The zero-order chi connectivity index (χ0) is 21.8. The van der Waals surface area contributed by atoms with E-state index < -0.39 is 0 Å². The molecule has 3 aromatic rings. The van der Waals surface area contributed by atoms with Crippen LogP contribution in [0.4, 0.5) is 11.4 Å². The lowest BCUT2D eigenvalue weighted by Gasteiger charge is -2.24. The first-order valence-electron chi connectivity index (χ1n) is 10.2. The van der Waals surface area contributed by atoms with Crippen molar-refractivity contribution in [3.05, 3.63) is 89.5 Å². The van der Waals surface area contributed by atoms with Crippen molar-refractivity contribution in [2.75, 3.05) is 23.1 Å². The molecule has 2 amide bonds. The van der Waals surface area contributed by atoms with Gasteiger partial charge in [0.25, 0.3) is 5.91 Å². The number of carbonyl (C=O) groups is 2. The van der Waals surface area contributed by atoms with Gasteiger partial charge in [-0.2, -0.15) is 0 Å². The zero-order valence-electron chi connectivity index (χ0n) is 17.5. The van der Waals surface area contributed by atoms with Gasteiger partial charge in [-0.1, -0.05) is 31.2 Å². The van der Waals surface area contributed by atoms with Crippen molar-refractivity contribution in [1.82, 2.24) is 0 Å². The molecular formula is C25H24N2O3S. The molecule has 0 radical (unpaired) electrons. The van der Waals surface area contributed by atoms with Crippen molar-refractivity contribution < 1.29 is 14.3 Å². The fourth-order valence-electron chi connectivity index (χ4n) is 3.52. The lowest BCUT2D eigenvalue weighted by Crippen LogP contribution is -2.27. The van der Waals surface area contributed by atoms with Crippen molar-refractivity contribution in [3.63, 3.8) is 0 Å². The summed E-state index contributed by atoms with van der Waals surface area (Å²) in [6.07, 6.45) is 0.968. The lowest BCUT2D eigenvalue weighted by molar-refractivity contribution is -0.115. The average molecular weight is 433 g/mol. The third kappa shape index (κ3) is 4.59. The van der Waals surface area contributed by atoms with E-state index in [0.29, 0.717) is 22.8 Å². The maximum atomic E-state index is 12.6. The SMILES string of the molecule is CCc1ccc(N2C(=O)CS[C@@H]2c2ccc(NC(=O)c3ccc(OC)cc3)cc2)cc1. The molecule has 158 valence electrons. The molecule has 1 saturated heterocycles. The molecule has 5 nitrogen and oxygen atoms in total. The van der Waals surface area contributed by atoms with Crippen LogP contribution in [-0.4, -0.2) is 24.7 Å². The lowest BCUT2D eigenvalue weighted by atomic mass is 10.1. The molecule has 6 heteroatoms. The van der Waals surface area contributed by atoms with Gasteiger partial charge in [-0.05, 0) is 66.1 Å². The summed E-state index contributed by atoms with van der Waals surface area (Å²) in [7, 11) is 1.59. The van der Waals surface area contributed by atoms with E-state index in [1.54, 1.807) is 43.1 Å². The van der Waals surface area contributed by atoms with Crippen molar-refractivity contribution in [3.8, 4) is 5.75 Å². The summed E-state index contributed by atoms with van der Waals surface area (Å²) in [6, 6.07) is 22.8. The van der Waals surface area contributed by atoms with E-state index in [0.717, 1.165) is 17.7 Å². The molecule has 0 aromatic heterocycles. The number of hydrogen-bond donors (Lipinski definition) is 1. The Bertz CT molecular complexity index is 1060. The van der Waals surface area contributed by atoms with Crippen LogP contribution in [0.5, 0.6) is 5.75 Å². The number of rotatable bonds is 6. The molecule has 0 saturated carbocycles. The van der Waals surface area contributed by atoms with Gasteiger partial charge in [0.05, 0.1) is 12.9 Å². The molecule has 31 heavy (non-hydrogen) atoms. The molecule has 1 aliphatic rings. The first-order valence-corrected chi connectivity index (χ1v) is 11.2. The normalized spacial score (nSPS) is 15.7. The minimum absolute atomic E-state index is 0.0775. The second-order valence-corrected chi connectivity index (χ2v) is 8.32. The molecule has 0 aliphatic carbocycles. The van der Waals surface area contributed by atoms with Crippen LogP contribution < -0.4 is 15.0 Å². The monoisotopic (exact) mass is 432 g/mol. The number of methoxy groups -OCH3 is 1. The van der Waals surface area contributed by atoms with Crippen LogP contribution >= 0.6 is 11.8 Å². The predicted octanol–water partition coefficient (Wildman–Crippen LogP) is 5.29. The number of ether oxygens (including phenoxy) is 1. The summed E-state index contributed by atoms with van der Waals surface area (Å²) in [6.45, 7) is 2.11.